The van der Waals surface area contributed by atoms with E-state index in [4.69, 9.17) is 9.47 Å². The summed E-state index contributed by atoms with van der Waals surface area (Å²) in [6.07, 6.45) is 1.31. The molecule has 1 fully saturated rings. The minimum atomic E-state index is -1.01. The van der Waals surface area contributed by atoms with Gasteiger partial charge in [-0.3, -0.25) is 14.5 Å². The first-order valence-corrected chi connectivity index (χ1v) is 15.0. The molecule has 44 heavy (non-hydrogen) atoms. The topological polar surface area (TPSA) is 108 Å². The van der Waals surface area contributed by atoms with Gasteiger partial charge in [-0.05, 0) is 48.2 Å². The molecule has 10 heteroatoms. The summed E-state index contributed by atoms with van der Waals surface area (Å²) in [5, 5.41) is 12.8. The number of ether oxygens (including phenoxy) is 2. The van der Waals surface area contributed by atoms with Crippen LogP contribution in [0.2, 0.25) is 0 Å². The van der Waals surface area contributed by atoms with Gasteiger partial charge in [-0.1, -0.05) is 42.5 Å². The quantitative estimate of drug-likeness (QED) is 0.442. The van der Waals surface area contributed by atoms with Gasteiger partial charge in [0.15, 0.2) is 11.5 Å². The van der Waals surface area contributed by atoms with Crippen LogP contribution in [0.25, 0.3) is 0 Å². The molecule has 7 rings (SSSR count). The second kappa shape index (κ2) is 12.7. The molecule has 0 aliphatic carbocycles. The Morgan fingerprint density at radius 1 is 1.07 bits per heavy atom. The Hall–Kier alpha value is -4.44. The van der Waals surface area contributed by atoms with E-state index >= 15 is 0 Å². The van der Waals surface area contributed by atoms with Crippen LogP contribution in [0.15, 0.2) is 66.7 Å². The summed E-state index contributed by atoms with van der Waals surface area (Å²) in [6.45, 7) is 2.83. The van der Waals surface area contributed by atoms with Crippen LogP contribution in [0, 0.1) is 11.2 Å². The molecule has 4 aliphatic heterocycles. The number of carboxylic acids is 1. The second-order valence-electron chi connectivity index (χ2n) is 11.9. The van der Waals surface area contributed by atoms with Gasteiger partial charge < -0.3 is 24.8 Å². The van der Waals surface area contributed by atoms with Crippen molar-refractivity contribution in [3.05, 3.63) is 94.8 Å². The van der Waals surface area contributed by atoms with Crippen molar-refractivity contribution in [2.75, 3.05) is 45.9 Å². The Morgan fingerprint density at radius 2 is 1.91 bits per heavy atom. The van der Waals surface area contributed by atoms with Gasteiger partial charge in [0.25, 0.3) is 0 Å². The molecule has 2 atom stereocenters. The molecule has 4 heterocycles. The number of carbonyl (C=O) groups excluding carboxylic acids is 2. The number of carboxylic acid groups (broad SMARTS) is 1. The minimum Gasteiger partial charge on any atom is -0.490 e. The van der Waals surface area contributed by atoms with E-state index in [1.54, 1.807) is 30.3 Å². The number of hydrogen-bond donors (Lipinski definition) is 2. The molecule has 9 nitrogen and oxygen atoms in total. The summed E-state index contributed by atoms with van der Waals surface area (Å²) in [5.74, 6) is -0.279. The third-order valence-electron chi connectivity index (χ3n) is 8.93. The molecule has 0 aromatic heterocycles. The van der Waals surface area contributed by atoms with Crippen LogP contribution in [-0.2, 0) is 22.6 Å². The highest BCUT2D eigenvalue weighted by Crippen LogP contribution is 2.52. The fourth-order valence-electron chi connectivity index (χ4n) is 6.68. The number of rotatable bonds is 6. The number of fused-ring (bicyclic) bond motifs is 9. The third kappa shape index (κ3) is 6.26. The zero-order valence-corrected chi connectivity index (χ0v) is 24.5. The Labute approximate surface area is 255 Å². The number of carbonyl (C=O) groups is 3. The lowest BCUT2D eigenvalue weighted by atomic mass is 9.73. The third-order valence-corrected chi connectivity index (χ3v) is 8.93. The summed E-state index contributed by atoms with van der Waals surface area (Å²) in [6, 6.07) is 19.0. The fourth-order valence-corrected chi connectivity index (χ4v) is 6.68. The van der Waals surface area contributed by atoms with Crippen molar-refractivity contribution >= 4 is 17.8 Å². The first-order chi connectivity index (χ1) is 21.3. The fraction of sp³-hybridized carbons (Fsp3) is 0.382. The van der Waals surface area contributed by atoms with Crippen molar-refractivity contribution in [1.82, 2.24) is 15.1 Å². The van der Waals surface area contributed by atoms with Gasteiger partial charge >= 0.3 is 5.97 Å². The van der Waals surface area contributed by atoms with Crippen molar-refractivity contribution in [3.8, 4) is 11.5 Å². The molecule has 3 aromatic rings. The predicted molar refractivity (Wildman–Crippen MR) is 160 cm³/mol. The largest absolute Gasteiger partial charge is 0.490 e. The molecule has 3 aromatic carbocycles. The van der Waals surface area contributed by atoms with E-state index in [1.807, 2.05) is 34.1 Å². The summed E-state index contributed by atoms with van der Waals surface area (Å²) < 4.78 is 26.2. The van der Waals surface area contributed by atoms with Gasteiger partial charge in [-0.25, -0.2) is 9.18 Å². The second-order valence-corrected chi connectivity index (χ2v) is 11.9. The molecular formula is C34H36FN3O6. The van der Waals surface area contributed by atoms with Gasteiger partial charge in [0.1, 0.15) is 5.82 Å². The van der Waals surface area contributed by atoms with E-state index in [-0.39, 0.29) is 42.1 Å². The monoisotopic (exact) mass is 601 g/mol. The SMILES string of the molecule is O=C1CN(Cc2ccccc2C(=O)O)CCCOc2cccc3c2OC[C@@]2(CN1)CN(C(=O)CCc1cccc(F)c1)C[C@@H]32. The highest BCUT2D eigenvalue weighted by molar-refractivity contribution is 5.89. The van der Waals surface area contributed by atoms with E-state index in [0.717, 1.165) is 11.1 Å². The zero-order chi connectivity index (χ0) is 30.7. The van der Waals surface area contributed by atoms with Gasteiger partial charge in [-0.2, -0.15) is 0 Å². The lowest BCUT2D eigenvalue weighted by Crippen LogP contribution is -2.50. The van der Waals surface area contributed by atoms with Crippen molar-refractivity contribution in [2.45, 2.75) is 31.7 Å². The Bertz CT molecular complexity index is 1560. The molecule has 0 saturated carbocycles. The number of benzene rings is 3. The maximum absolute atomic E-state index is 13.7. The molecule has 0 unspecified atom stereocenters. The number of nitrogens with zero attached hydrogens (tertiary/aromatic N) is 2. The number of aromatic carboxylic acids is 1. The predicted octanol–water partition coefficient (Wildman–Crippen LogP) is 3.86. The normalized spacial score (nSPS) is 21.9. The summed E-state index contributed by atoms with van der Waals surface area (Å²) in [4.78, 5) is 42.4. The average Bonchev–Trinajstić information content (AvgIpc) is 3.42. The first-order valence-electron chi connectivity index (χ1n) is 15.0. The lowest BCUT2D eigenvalue weighted by Gasteiger charge is -2.40. The maximum Gasteiger partial charge on any atom is 0.336 e. The molecule has 2 N–H and O–H groups in total. The van der Waals surface area contributed by atoms with Crippen LogP contribution in [0.3, 0.4) is 0 Å². The maximum atomic E-state index is 13.7. The average molecular weight is 602 g/mol. The number of amides is 2. The smallest absolute Gasteiger partial charge is 0.336 e. The zero-order valence-electron chi connectivity index (χ0n) is 24.5. The Balaban J connectivity index is 1.23. The first kappa shape index (κ1) is 29.6. The number of hydrogen-bond acceptors (Lipinski definition) is 6. The molecule has 0 radical (unpaired) electrons. The highest BCUT2D eigenvalue weighted by atomic mass is 19.1. The van der Waals surface area contributed by atoms with Gasteiger partial charge in [0.05, 0.1) is 25.3 Å². The number of aryl methyl sites for hydroxylation is 1. The van der Waals surface area contributed by atoms with Crippen LogP contribution >= 0.6 is 0 Å². The van der Waals surface area contributed by atoms with Crippen LogP contribution in [-0.4, -0.2) is 78.6 Å². The van der Waals surface area contributed by atoms with Crippen molar-refractivity contribution in [2.24, 2.45) is 5.41 Å². The summed E-state index contributed by atoms with van der Waals surface area (Å²) >= 11 is 0. The lowest BCUT2D eigenvalue weighted by molar-refractivity contribution is -0.130. The van der Waals surface area contributed by atoms with Crippen LogP contribution in [0.4, 0.5) is 4.39 Å². The van der Waals surface area contributed by atoms with Crippen LogP contribution in [0.1, 0.15) is 45.8 Å². The van der Waals surface area contributed by atoms with E-state index in [9.17, 15) is 23.9 Å². The molecule has 4 aliphatic rings. The number of likely N-dealkylation sites (tertiary alicyclic amines) is 1. The standard InChI is InChI=1S/C34H36FN3O6/c35-25-8-3-6-23(16-25)12-13-31(40)38-18-28-27-10-4-11-29-32(27)44-22-34(28,21-38)20-36-30(39)19-37(14-5-15-43-29)17-24-7-1-2-9-26(24)33(41)42/h1-4,6-11,16,28H,5,12-15,17-22H2,(H,36,39)(H,41,42)/t28-,34+/m0/s1. The Kier molecular flexibility index (Phi) is 8.52. The van der Waals surface area contributed by atoms with E-state index in [1.165, 1.54) is 12.1 Å². The number of nitrogens with one attached hydrogen (secondary N) is 1. The molecule has 230 valence electrons. The Morgan fingerprint density at radius 3 is 2.75 bits per heavy atom. The van der Waals surface area contributed by atoms with Gasteiger partial charge in [0, 0.05) is 56.0 Å². The van der Waals surface area contributed by atoms with Gasteiger partial charge in [0.2, 0.25) is 11.8 Å². The van der Waals surface area contributed by atoms with E-state index in [0.29, 0.717) is 75.8 Å². The van der Waals surface area contributed by atoms with E-state index in [2.05, 4.69) is 5.32 Å². The molecule has 1 saturated heterocycles. The molecule has 4 bridgehead atoms. The van der Waals surface area contributed by atoms with Crippen LogP contribution < -0.4 is 14.8 Å². The molecule has 1 spiro atoms. The van der Waals surface area contributed by atoms with Crippen molar-refractivity contribution < 1.29 is 33.4 Å². The summed E-state index contributed by atoms with van der Waals surface area (Å²) in [7, 11) is 0. The molecule has 2 amide bonds. The van der Waals surface area contributed by atoms with E-state index < -0.39 is 11.4 Å². The number of para-hydroxylation sites is 1. The summed E-state index contributed by atoms with van der Waals surface area (Å²) in [5.41, 5.74) is 2.05. The minimum absolute atomic E-state index is 0.0236. The van der Waals surface area contributed by atoms with Crippen LogP contribution in [0.5, 0.6) is 11.5 Å². The van der Waals surface area contributed by atoms with Gasteiger partial charge in [-0.15, -0.1) is 0 Å². The molecular weight excluding hydrogens is 565 g/mol. The highest BCUT2D eigenvalue weighted by Gasteiger charge is 2.53. The van der Waals surface area contributed by atoms with Crippen molar-refractivity contribution in [1.29, 1.82) is 0 Å². The number of halogens is 1. The van der Waals surface area contributed by atoms with Crippen molar-refractivity contribution in [3.63, 3.8) is 0 Å².